The Bertz CT molecular complexity index is 1330. The average molecular weight is 452 g/mol. The van der Waals surface area contributed by atoms with Gasteiger partial charge in [-0.1, -0.05) is 36.4 Å². The molecule has 4 aromatic rings. The summed E-state index contributed by atoms with van der Waals surface area (Å²) in [5, 5.41) is 10.7. The molecule has 1 aliphatic rings. The van der Waals surface area contributed by atoms with Gasteiger partial charge in [0.1, 0.15) is 18.4 Å². The van der Waals surface area contributed by atoms with Gasteiger partial charge in [0, 0.05) is 11.9 Å². The maximum Gasteiger partial charge on any atom is 0.294 e. The fourth-order valence-corrected chi connectivity index (χ4v) is 3.91. The van der Waals surface area contributed by atoms with Gasteiger partial charge in [0.2, 0.25) is 5.78 Å². The average Bonchev–Trinajstić information content (AvgIpc) is 3.51. The number of anilines is 1. The number of amides is 1. The number of carbonyl (C=O) groups is 2. The summed E-state index contributed by atoms with van der Waals surface area (Å²) in [7, 11) is 0. The number of hydrogen-bond donors (Lipinski definition) is 1. The van der Waals surface area contributed by atoms with Gasteiger partial charge < -0.3 is 14.3 Å². The van der Waals surface area contributed by atoms with Crippen molar-refractivity contribution in [2.24, 2.45) is 0 Å². The molecule has 0 aliphatic carbocycles. The molecule has 0 spiro atoms. The Labute approximate surface area is 195 Å². The van der Waals surface area contributed by atoms with Gasteiger partial charge in [-0.3, -0.25) is 19.5 Å². The van der Waals surface area contributed by atoms with Crippen LogP contribution in [0.1, 0.15) is 27.9 Å². The number of benzene rings is 2. The SMILES string of the molecule is O=C(C1=C(O)C(=O)N(c2ccc(OCc3ccccc3)cc2)C1c1ccccn1)c1ccco1. The molecule has 3 heterocycles. The lowest BCUT2D eigenvalue weighted by Crippen LogP contribution is -2.31. The number of aliphatic hydroxyl groups is 1. The summed E-state index contributed by atoms with van der Waals surface area (Å²) < 4.78 is 11.1. The smallest absolute Gasteiger partial charge is 0.294 e. The van der Waals surface area contributed by atoms with Gasteiger partial charge >= 0.3 is 0 Å². The maximum atomic E-state index is 13.2. The molecule has 0 saturated carbocycles. The van der Waals surface area contributed by atoms with Gasteiger partial charge in [-0.05, 0) is 54.1 Å². The first kappa shape index (κ1) is 21.2. The standard InChI is InChI=1S/C27H20N2O5/c30-25(22-10-6-16-33-22)23-24(21-9-4-5-15-28-21)29(27(32)26(23)31)19-11-13-20(14-12-19)34-17-18-7-2-1-3-8-18/h1-16,24,31H,17H2. The van der Waals surface area contributed by atoms with E-state index in [-0.39, 0.29) is 11.3 Å². The van der Waals surface area contributed by atoms with E-state index < -0.39 is 23.5 Å². The number of aliphatic hydroxyl groups excluding tert-OH is 1. The molecule has 1 atom stereocenters. The fraction of sp³-hybridized carbons (Fsp3) is 0.0741. The van der Waals surface area contributed by atoms with Crippen LogP contribution in [0.3, 0.4) is 0 Å². The van der Waals surface area contributed by atoms with Gasteiger partial charge in [0.15, 0.2) is 11.5 Å². The van der Waals surface area contributed by atoms with Crippen molar-refractivity contribution >= 4 is 17.4 Å². The van der Waals surface area contributed by atoms with Crippen molar-refractivity contribution in [1.82, 2.24) is 4.98 Å². The quantitative estimate of drug-likeness (QED) is 0.395. The molecule has 168 valence electrons. The Balaban J connectivity index is 1.46. The van der Waals surface area contributed by atoms with Crippen LogP contribution in [0.25, 0.3) is 0 Å². The number of rotatable bonds is 7. The van der Waals surface area contributed by atoms with E-state index in [0.29, 0.717) is 23.7 Å². The molecule has 1 unspecified atom stereocenters. The predicted molar refractivity (Wildman–Crippen MR) is 124 cm³/mol. The highest BCUT2D eigenvalue weighted by Crippen LogP contribution is 2.41. The van der Waals surface area contributed by atoms with Crippen molar-refractivity contribution in [3.05, 3.63) is 126 Å². The highest BCUT2D eigenvalue weighted by molar-refractivity contribution is 6.20. The molecule has 2 aromatic carbocycles. The van der Waals surface area contributed by atoms with E-state index in [0.717, 1.165) is 5.56 Å². The molecule has 0 saturated heterocycles. The first-order valence-corrected chi connectivity index (χ1v) is 10.7. The van der Waals surface area contributed by atoms with Gasteiger partial charge in [-0.15, -0.1) is 0 Å². The number of ether oxygens (including phenoxy) is 1. The number of Topliss-reactive ketones (excluding diaryl/α,β-unsaturated/α-hetero) is 1. The summed E-state index contributed by atoms with van der Waals surface area (Å²) in [4.78, 5) is 32.0. The van der Waals surface area contributed by atoms with E-state index in [1.165, 1.54) is 17.2 Å². The Hall–Kier alpha value is -4.65. The number of ketones is 1. The third-order valence-electron chi connectivity index (χ3n) is 5.53. The number of hydrogen-bond acceptors (Lipinski definition) is 6. The minimum absolute atomic E-state index is 0.0294. The molecule has 1 amide bonds. The van der Waals surface area contributed by atoms with Gasteiger partial charge in [0.25, 0.3) is 5.91 Å². The summed E-state index contributed by atoms with van der Waals surface area (Å²) in [5.41, 5.74) is 1.88. The van der Waals surface area contributed by atoms with Crippen LogP contribution in [0.4, 0.5) is 5.69 Å². The van der Waals surface area contributed by atoms with Crippen LogP contribution in [-0.4, -0.2) is 21.8 Å². The summed E-state index contributed by atoms with van der Waals surface area (Å²) in [6.07, 6.45) is 2.94. The van der Waals surface area contributed by atoms with E-state index in [1.807, 2.05) is 30.3 Å². The second-order valence-corrected chi connectivity index (χ2v) is 7.67. The Morgan fingerprint density at radius 1 is 0.971 bits per heavy atom. The summed E-state index contributed by atoms with van der Waals surface area (Å²) in [6.45, 7) is 0.406. The van der Waals surface area contributed by atoms with Gasteiger partial charge in [-0.2, -0.15) is 0 Å². The Morgan fingerprint density at radius 3 is 2.41 bits per heavy atom. The molecule has 0 fully saturated rings. The molecule has 0 radical (unpaired) electrons. The Morgan fingerprint density at radius 2 is 1.74 bits per heavy atom. The van der Waals surface area contributed by atoms with Crippen LogP contribution in [-0.2, 0) is 11.4 Å². The number of furan rings is 1. The third-order valence-corrected chi connectivity index (χ3v) is 5.53. The van der Waals surface area contributed by atoms with Crippen molar-refractivity contribution in [1.29, 1.82) is 0 Å². The van der Waals surface area contributed by atoms with Crippen LogP contribution in [0.15, 0.2) is 113 Å². The molecule has 7 nitrogen and oxygen atoms in total. The zero-order chi connectivity index (χ0) is 23.5. The zero-order valence-corrected chi connectivity index (χ0v) is 18.0. The summed E-state index contributed by atoms with van der Waals surface area (Å²) in [6, 6.07) is 24.0. The maximum absolute atomic E-state index is 13.2. The number of carbonyl (C=O) groups excluding carboxylic acids is 2. The van der Waals surface area contributed by atoms with Crippen molar-refractivity contribution < 1.29 is 23.8 Å². The topological polar surface area (TPSA) is 92.9 Å². The van der Waals surface area contributed by atoms with Crippen LogP contribution in [0.5, 0.6) is 5.75 Å². The normalized spacial score (nSPS) is 15.6. The van der Waals surface area contributed by atoms with Gasteiger partial charge in [-0.25, -0.2) is 0 Å². The molecule has 2 aromatic heterocycles. The molecular formula is C27H20N2O5. The number of aromatic nitrogens is 1. The van der Waals surface area contributed by atoms with E-state index in [4.69, 9.17) is 9.15 Å². The van der Waals surface area contributed by atoms with Crippen LogP contribution in [0, 0.1) is 0 Å². The predicted octanol–water partition coefficient (Wildman–Crippen LogP) is 5.04. The second-order valence-electron chi connectivity index (χ2n) is 7.67. The molecular weight excluding hydrogens is 432 g/mol. The number of nitrogens with zero attached hydrogens (tertiary/aromatic N) is 2. The minimum Gasteiger partial charge on any atom is -0.503 e. The minimum atomic E-state index is -0.914. The van der Waals surface area contributed by atoms with Crippen LogP contribution >= 0.6 is 0 Å². The summed E-state index contributed by atoms with van der Waals surface area (Å²) in [5.74, 6) is -1.23. The molecule has 1 aliphatic heterocycles. The molecule has 1 N–H and O–H groups in total. The first-order chi connectivity index (χ1) is 16.6. The highest BCUT2D eigenvalue weighted by Gasteiger charge is 2.45. The van der Waals surface area contributed by atoms with E-state index >= 15 is 0 Å². The fourth-order valence-electron chi connectivity index (χ4n) is 3.91. The lowest BCUT2D eigenvalue weighted by Gasteiger charge is -2.26. The third kappa shape index (κ3) is 3.95. The van der Waals surface area contributed by atoms with E-state index in [1.54, 1.807) is 54.7 Å². The Kier molecular flexibility index (Phi) is 5.66. The molecule has 7 heteroatoms. The van der Waals surface area contributed by atoms with Crippen molar-refractivity contribution in [2.75, 3.05) is 4.90 Å². The molecule has 34 heavy (non-hydrogen) atoms. The monoisotopic (exact) mass is 452 g/mol. The van der Waals surface area contributed by atoms with Crippen molar-refractivity contribution in [3.63, 3.8) is 0 Å². The largest absolute Gasteiger partial charge is 0.503 e. The molecule has 5 rings (SSSR count). The zero-order valence-electron chi connectivity index (χ0n) is 18.0. The van der Waals surface area contributed by atoms with E-state index in [9.17, 15) is 14.7 Å². The van der Waals surface area contributed by atoms with Crippen LogP contribution < -0.4 is 9.64 Å². The number of pyridine rings is 1. The van der Waals surface area contributed by atoms with Crippen molar-refractivity contribution in [2.45, 2.75) is 12.6 Å². The van der Waals surface area contributed by atoms with Crippen molar-refractivity contribution in [3.8, 4) is 5.75 Å². The second kappa shape index (κ2) is 9.07. The van der Waals surface area contributed by atoms with Gasteiger partial charge in [0.05, 0.1) is 17.5 Å². The lowest BCUT2D eigenvalue weighted by molar-refractivity contribution is -0.117. The summed E-state index contributed by atoms with van der Waals surface area (Å²) >= 11 is 0. The highest BCUT2D eigenvalue weighted by atomic mass is 16.5. The van der Waals surface area contributed by atoms with Crippen LogP contribution in [0.2, 0.25) is 0 Å². The lowest BCUT2D eigenvalue weighted by atomic mass is 9.98. The molecule has 0 bridgehead atoms. The van der Waals surface area contributed by atoms with E-state index in [2.05, 4.69) is 4.98 Å². The first-order valence-electron chi connectivity index (χ1n) is 10.7.